The Morgan fingerprint density at radius 1 is 1.29 bits per heavy atom. The molecule has 10 heteroatoms. The number of rotatable bonds is 4. The summed E-state index contributed by atoms with van der Waals surface area (Å²) in [6, 6.07) is 0. The van der Waals surface area contributed by atoms with E-state index in [1.165, 1.54) is 7.05 Å². The molecule has 0 aliphatic carbocycles. The van der Waals surface area contributed by atoms with Gasteiger partial charge in [0.25, 0.3) is 0 Å². The van der Waals surface area contributed by atoms with Gasteiger partial charge in [-0.25, -0.2) is 4.79 Å². The zero-order valence-electron chi connectivity index (χ0n) is 8.96. The van der Waals surface area contributed by atoms with E-state index in [9.17, 15) is 24.5 Å². The Balaban J connectivity index is 3.65. The first-order valence-electron chi connectivity index (χ1n) is 4.31. The van der Waals surface area contributed by atoms with Crippen LogP contribution in [0.5, 0.6) is 0 Å². The van der Waals surface area contributed by atoms with E-state index >= 15 is 0 Å². The molecule has 0 saturated carbocycles. The van der Waals surface area contributed by atoms with Gasteiger partial charge in [0.1, 0.15) is 0 Å². The first-order chi connectivity index (χ1) is 7.91. The summed E-state index contributed by atoms with van der Waals surface area (Å²) in [7, 11) is 2.35. The number of aromatic nitrogens is 2. The van der Waals surface area contributed by atoms with Crippen LogP contribution in [0.3, 0.4) is 0 Å². The average molecular weight is 243 g/mol. The lowest BCUT2D eigenvalue weighted by Crippen LogP contribution is -2.40. The number of anilines is 1. The lowest BCUT2D eigenvalue weighted by molar-refractivity contribution is -0.386. The Morgan fingerprint density at radius 3 is 2.35 bits per heavy atom. The maximum atomic E-state index is 11.5. The van der Waals surface area contributed by atoms with Crippen molar-refractivity contribution in [3.63, 3.8) is 0 Å². The Labute approximate surface area is 93.6 Å². The molecule has 92 valence electrons. The van der Waals surface area contributed by atoms with Crippen LogP contribution in [0.2, 0.25) is 0 Å². The van der Waals surface area contributed by atoms with Crippen LogP contribution in [0.15, 0.2) is 9.59 Å². The minimum atomic E-state index is -1.06. The van der Waals surface area contributed by atoms with Gasteiger partial charge < -0.3 is 0 Å². The van der Waals surface area contributed by atoms with E-state index in [0.717, 1.165) is 11.6 Å². The zero-order valence-corrected chi connectivity index (χ0v) is 8.96. The van der Waals surface area contributed by atoms with Gasteiger partial charge in [-0.3, -0.25) is 39.7 Å². The largest absolute Gasteiger partial charge is 0.376 e. The summed E-state index contributed by atoms with van der Waals surface area (Å²) in [5.74, 6) is -0.393. The maximum Gasteiger partial charge on any atom is 0.376 e. The SMILES string of the molecule is Cn1c(NNC=O)c([N+](=O)[O-])c(=O)n(C)c1=O. The second-order valence-corrected chi connectivity index (χ2v) is 3.05. The molecule has 0 radical (unpaired) electrons. The van der Waals surface area contributed by atoms with Crippen LogP contribution < -0.4 is 22.1 Å². The highest BCUT2D eigenvalue weighted by Crippen LogP contribution is 2.15. The summed E-state index contributed by atoms with van der Waals surface area (Å²) in [5.41, 5.74) is 1.40. The van der Waals surface area contributed by atoms with Crippen LogP contribution in [0.25, 0.3) is 0 Å². The topological polar surface area (TPSA) is 128 Å². The predicted octanol–water partition coefficient (Wildman–Crippen LogP) is -1.93. The highest BCUT2D eigenvalue weighted by atomic mass is 16.6. The van der Waals surface area contributed by atoms with Crippen molar-refractivity contribution < 1.29 is 9.72 Å². The molecule has 1 amide bonds. The fraction of sp³-hybridized carbons (Fsp3) is 0.286. The number of carbonyl (C=O) groups is 1. The van der Waals surface area contributed by atoms with Crippen LogP contribution in [-0.4, -0.2) is 20.5 Å². The molecule has 0 unspecified atom stereocenters. The highest BCUT2D eigenvalue weighted by molar-refractivity contribution is 5.58. The maximum absolute atomic E-state index is 11.5. The summed E-state index contributed by atoms with van der Waals surface area (Å²) in [5, 5.41) is 10.7. The molecule has 2 N–H and O–H groups in total. The standard InChI is InChI=1S/C7H9N5O5/c1-10-5(9-8-3-13)4(12(16)17)6(14)11(2)7(10)15/h3,9H,1-2H3,(H,8,13). The molecule has 10 nitrogen and oxygen atoms in total. The van der Waals surface area contributed by atoms with Gasteiger partial charge >= 0.3 is 16.9 Å². The van der Waals surface area contributed by atoms with Crippen molar-refractivity contribution in [2.24, 2.45) is 14.1 Å². The van der Waals surface area contributed by atoms with Crippen molar-refractivity contribution in [3.05, 3.63) is 31.0 Å². The van der Waals surface area contributed by atoms with Gasteiger partial charge in [0, 0.05) is 14.1 Å². The van der Waals surface area contributed by atoms with Gasteiger partial charge in [-0.05, 0) is 0 Å². The van der Waals surface area contributed by atoms with E-state index in [4.69, 9.17) is 0 Å². The Kier molecular flexibility index (Phi) is 3.26. The van der Waals surface area contributed by atoms with Crippen LogP contribution in [0, 0.1) is 10.1 Å². The summed E-state index contributed by atoms with van der Waals surface area (Å²) < 4.78 is 1.44. The Bertz CT molecular complexity index is 586. The van der Waals surface area contributed by atoms with Crippen molar-refractivity contribution in [1.82, 2.24) is 14.6 Å². The van der Waals surface area contributed by atoms with E-state index in [1.54, 1.807) is 0 Å². The van der Waals surface area contributed by atoms with Crippen LogP contribution >= 0.6 is 0 Å². The monoisotopic (exact) mass is 243 g/mol. The third kappa shape index (κ3) is 2.00. The summed E-state index contributed by atoms with van der Waals surface area (Å²) in [6.45, 7) is 0. The zero-order chi connectivity index (χ0) is 13.2. The Morgan fingerprint density at radius 2 is 1.88 bits per heavy atom. The summed E-state index contributed by atoms with van der Waals surface area (Å²) in [6.07, 6.45) is 0.214. The number of nitrogens with one attached hydrogen (secondary N) is 2. The summed E-state index contributed by atoms with van der Waals surface area (Å²) >= 11 is 0. The molecule has 0 saturated heterocycles. The van der Waals surface area contributed by atoms with Crippen LogP contribution in [0.1, 0.15) is 0 Å². The van der Waals surface area contributed by atoms with Crippen LogP contribution in [-0.2, 0) is 18.9 Å². The van der Waals surface area contributed by atoms with Crippen molar-refractivity contribution in [1.29, 1.82) is 0 Å². The first kappa shape index (κ1) is 12.4. The van der Waals surface area contributed by atoms with Crippen LogP contribution in [0.4, 0.5) is 11.5 Å². The number of hydrogen-bond donors (Lipinski definition) is 2. The molecule has 1 aromatic heterocycles. The van der Waals surface area contributed by atoms with E-state index in [2.05, 4.69) is 5.43 Å². The molecule has 1 aromatic rings. The number of hydrazine groups is 1. The van der Waals surface area contributed by atoms with Gasteiger partial charge in [-0.2, -0.15) is 0 Å². The van der Waals surface area contributed by atoms with E-state index in [1.807, 2.05) is 5.43 Å². The molecule has 0 aliphatic rings. The molecule has 0 atom stereocenters. The van der Waals surface area contributed by atoms with Crippen molar-refractivity contribution in [2.75, 3.05) is 5.43 Å². The second-order valence-electron chi connectivity index (χ2n) is 3.05. The predicted molar refractivity (Wildman–Crippen MR) is 56.4 cm³/mol. The Hall–Kier alpha value is -2.65. The quantitative estimate of drug-likeness (QED) is 0.360. The third-order valence-corrected chi connectivity index (χ3v) is 2.07. The smallest absolute Gasteiger partial charge is 0.277 e. The number of nitro groups is 1. The molecule has 0 bridgehead atoms. The second kappa shape index (κ2) is 4.47. The molecule has 0 spiro atoms. The number of nitrogens with zero attached hydrogens (tertiary/aromatic N) is 3. The normalized spacial score (nSPS) is 9.76. The first-order valence-corrected chi connectivity index (χ1v) is 4.31. The van der Waals surface area contributed by atoms with E-state index < -0.39 is 27.7 Å². The number of amides is 1. The van der Waals surface area contributed by atoms with E-state index in [-0.39, 0.29) is 6.41 Å². The number of hydrogen-bond acceptors (Lipinski definition) is 6. The molecule has 0 aliphatic heterocycles. The fourth-order valence-corrected chi connectivity index (χ4v) is 1.23. The van der Waals surface area contributed by atoms with Gasteiger partial charge in [-0.1, -0.05) is 0 Å². The molecular weight excluding hydrogens is 234 g/mol. The fourth-order valence-electron chi connectivity index (χ4n) is 1.23. The van der Waals surface area contributed by atoms with Gasteiger partial charge in [0.2, 0.25) is 12.2 Å². The third-order valence-electron chi connectivity index (χ3n) is 2.07. The lowest BCUT2D eigenvalue weighted by Gasteiger charge is -2.10. The molecule has 17 heavy (non-hydrogen) atoms. The lowest BCUT2D eigenvalue weighted by atomic mass is 10.4. The summed E-state index contributed by atoms with van der Waals surface area (Å²) in [4.78, 5) is 42.9. The molecule has 1 heterocycles. The minimum absolute atomic E-state index is 0.214. The molecular formula is C7H9N5O5. The van der Waals surface area contributed by atoms with Gasteiger partial charge in [-0.15, -0.1) is 0 Å². The van der Waals surface area contributed by atoms with Crippen molar-refractivity contribution in [3.8, 4) is 0 Å². The van der Waals surface area contributed by atoms with Crippen molar-refractivity contribution in [2.45, 2.75) is 0 Å². The highest BCUT2D eigenvalue weighted by Gasteiger charge is 2.25. The van der Waals surface area contributed by atoms with Gasteiger partial charge in [0.05, 0.1) is 4.92 Å². The van der Waals surface area contributed by atoms with Gasteiger partial charge in [0.15, 0.2) is 0 Å². The van der Waals surface area contributed by atoms with E-state index in [0.29, 0.717) is 4.57 Å². The molecule has 1 rings (SSSR count). The minimum Gasteiger partial charge on any atom is -0.277 e. The van der Waals surface area contributed by atoms with Crippen molar-refractivity contribution >= 4 is 17.9 Å². The average Bonchev–Trinajstić information content (AvgIpc) is 2.28. The molecule has 0 aromatic carbocycles. The molecule has 0 fully saturated rings. The number of carbonyl (C=O) groups excluding carboxylic acids is 1.